The Morgan fingerprint density at radius 2 is 1.50 bits per heavy atom. The second-order valence-electron chi connectivity index (χ2n) is 7.36. The Bertz CT molecular complexity index is 1240. The third-order valence-electron chi connectivity index (χ3n) is 4.88. The summed E-state index contributed by atoms with van der Waals surface area (Å²) < 4.78 is 15.2. The first-order valence-corrected chi connectivity index (χ1v) is 10.8. The van der Waals surface area contributed by atoms with E-state index in [0.29, 0.717) is 34.0 Å². The minimum absolute atomic E-state index is 0.319. The molecular formula is C26H25N3O7. The van der Waals surface area contributed by atoms with Crippen LogP contribution in [0.3, 0.4) is 0 Å². The lowest BCUT2D eigenvalue weighted by Crippen LogP contribution is -2.32. The van der Waals surface area contributed by atoms with Crippen LogP contribution in [0.1, 0.15) is 20.7 Å². The second-order valence-corrected chi connectivity index (χ2v) is 7.36. The van der Waals surface area contributed by atoms with E-state index in [1.54, 1.807) is 66.7 Å². The van der Waals surface area contributed by atoms with Gasteiger partial charge in [0, 0.05) is 16.8 Å². The molecule has 0 radical (unpaired) electrons. The number of carbonyl (C=O) groups is 4. The van der Waals surface area contributed by atoms with Crippen molar-refractivity contribution < 1.29 is 33.4 Å². The molecule has 3 aromatic carbocycles. The summed E-state index contributed by atoms with van der Waals surface area (Å²) in [6, 6.07) is 19.6. The van der Waals surface area contributed by atoms with Gasteiger partial charge in [-0.15, -0.1) is 0 Å². The summed E-state index contributed by atoms with van der Waals surface area (Å²) in [6.45, 7) is -0.941. The lowest BCUT2D eigenvalue weighted by Gasteiger charge is -2.10. The van der Waals surface area contributed by atoms with Gasteiger partial charge >= 0.3 is 5.97 Å². The van der Waals surface area contributed by atoms with Crippen molar-refractivity contribution >= 4 is 35.1 Å². The van der Waals surface area contributed by atoms with E-state index in [1.165, 1.54) is 20.3 Å². The van der Waals surface area contributed by atoms with Crippen molar-refractivity contribution in [2.75, 3.05) is 38.0 Å². The topological polar surface area (TPSA) is 132 Å². The Hall–Kier alpha value is -4.86. The van der Waals surface area contributed by atoms with Crippen LogP contribution in [-0.4, -0.2) is 51.1 Å². The summed E-state index contributed by atoms with van der Waals surface area (Å²) >= 11 is 0. The molecule has 0 aliphatic heterocycles. The number of para-hydroxylation sites is 2. The van der Waals surface area contributed by atoms with Gasteiger partial charge in [-0.25, -0.2) is 0 Å². The molecule has 3 aromatic rings. The number of esters is 1. The first kappa shape index (κ1) is 25.8. The number of nitrogens with one attached hydrogen (secondary N) is 3. The smallest absolute Gasteiger partial charge is 0.325 e. The number of amides is 3. The summed E-state index contributed by atoms with van der Waals surface area (Å²) in [7, 11) is 2.99. The lowest BCUT2D eigenvalue weighted by molar-refractivity contribution is -0.146. The first-order valence-electron chi connectivity index (χ1n) is 10.8. The molecule has 0 saturated heterocycles. The van der Waals surface area contributed by atoms with Gasteiger partial charge in [-0.1, -0.05) is 18.2 Å². The van der Waals surface area contributed by atoms with E-state index in [1.807, 2.05) is 0 Å². The fourth-order valence-corrected chi connectivity index (χ4v) is 3.06. The maximum absolute atomic E-state index is 12.5. The molecule has 3 N–H and O–H groups in total. The lowest BCUT2D eigenvalue weighted by atomic mass is 10.2. The van der Waals surface area contributed by atoms with Gasteiger partial charge in [0.05, 0.1) is 19.9 Å². The molecule has 0 spiro atoms. The maximum Gasteiger partial charge on any atom is 0.325 e. The molecule has 186 valence electrons. The minimum Gasteiger partial charge on any atom is -0.497 e. The predicted octanol–water partition coefficient (Wildman–Crippen LogP) is 2.87. The van der Waals surface area contributed by atoms with Crippen molar-refractivity contribution in [1.29, 1.82) is 0 Å². The fourth-order valence-electron chi connectivity index (χ4n) is 3.06. The first-order chi connectivity index (χ1) is 17.4. The molecule has 3 amide bonds. The number of carbonyl (C=O) groups excluding carboxylic acids is 4. The number of rotatable bonds is 10. The van der Waals surface area contributed by atoms with Gasteiger partial charge in [-0.3, -0.25) is 19.2 Å². The van der Waals surface area contributed by atoms with Crippen molar-refractivity contribution in [3.63, 3.8) is 0 Å². The van der Waals surface area contributed by atoms with Gasteiger partial charge in [0.25, 0.3) is 17.7 Å². The molecule has 0 unspecified atom stereocenters. The third-order valence-corrected chi connectivity index (χ3v) is 4.88. The molecule has 0 aliphatic rings. The minimum atomic E-state index is -0.773. The van der Waals surface area contributed by atoms with Crippen molar-refractivity contribution in [2.24, 2.45) is 0 Å². The molecule has 0 aliphatic carbocycles. The third kappa shape index (κ3) is 7.32. The molecule has 0 bridgehead atoms. The summed E-state index contributed by atoms with van der Waals surface area (Å²) in [5.41, 5.74) is 1.64. The normalized spacial score (nSPS) is 10.1. The highest BCUT2D eigenvalue weighted by Crippen LogP contribution is 2.24. The highest BCUT2D eigenvalue weighted by molar-refractivity contribution is 6.05. The van der Waals surface area contributed by atoms with E-state index in [0.717, 1.165) is 0 Å². The standard InChI is InChI=1S/C26H25N3O7/c1-34-20-7-5-6-18(14-20)25(32)27-15-24(31)36-16-23(30)28-19-12-10-17(11-13-19)26(33)29-21-8-3-4-9-22(21)35-2/h3-14H,15-16H2,1-2H3,(H,27,32)(H,28,30)(H,29,33). The van der Waals surface area contributed by atoms with Crippen LogP contribution in [-0.2, 0) is 14.3 Å². The number of hydrogen-bond acceptors (Lipinski definition) is 7. The van der Waals surface area contributed by atoms with Crippen molar-refractivity contribution in [2.45, 2.75) is 0 Å². The van der Waals surface area contributed by atoms with E-state index in [-0.39, 0.29) is 5.91 Å². The van der Waals surface area contributed by atoms with Gasteiger partial charge in [0.1, 0.15) is 18.0 Å². The van der Waals surface area contributed by atoms with E-state index in [9.17, 15) is 19.2 Å². The van der Waals surface area contributed by atoms with Gasteiger partial charge in [-0.05, 0) is 54.6 Å². The largest absolute Gasteiger partial charge is 0.497 e. The fraction of sp³-hybridized carbons (Fsp3) is 0.154. The molecule has 3 rings (SSSR count). The van der Waals surface area contributed by atoms with Crippen LogP contribution in [0.2, 0.25) is 0 Å². The van der Waals surface area contributed by atoms with Crippen LogP contribution >= 0.6 is 0 Å². The molecule has 0 atom stereocenters. The molecule has 0 saturated carbocycles. The highest BCUT2D eigenvalue weighted by Gasteiger charge is 2.13. The number of benzene rings is 3. The van der Waals surface area contributed by atoms with Crippen molar-refractivity contribution in [1.82, 2.24) is 5.32 Å². The Morgan fingerprint density at radius 3 is 2.22 bits per heavy atom. The highest BCUT2D eigenvalue weighted by atomic mass is 16.5. The molecular weight excluding hydrogens is 466 g/mol. The van der Waals surface area contributed by atoms with E-state index in [2.05, 4.69) is 16.0 Å². The Labute approximate surface area is 207 Å². The molecule has 36 heavy (non-hydrogen) atoms. The number of hydrogen-bond donors (Lipinski definition) is 3. The van der Waals surface area contributed by atoms with Gasteiger partial charge in [0.15, 0.2) is 6.61 Å². The molecule has 0 fully saturated rings. The molecule has 0 aromatic heterocycles. The van der Waals surface area contributed by atoms with Crippen LogP contribution in [0, 0.1) is 0 Å². The SMILES string of the molecule is COc1cccc(C(=O)NCC(=O)OCC(=O)Nc2ccc(C(=O)Nc3ccccc3OC)cc2)c1. The average molecular weight is 492 g/mol. The van der Waals surface area contributed by atoms with Crippen molar-refractivity contribution in [3.05, 3.63) is 83.9 Å². The van der Waals surface area contributed by atoms with Crippen LogP contribution in [0.4, 0.5) is 11.4 Å². The molecule has 10 nitrogen and oxygen atoms in total. The van der Waals surface area contributed by atoms with Gasteiger partial charge in [0.2, 0.25) is 0 Å². The number of methoxy groups -OCH3 is 2. The summed E-state index contributed by atoms with van der Waals surface area (Å²) in [5.74, 6) is -1.14. The number of ether oxygens (including phenoxy) is 3. The summed E-state index contributed by atoms with van der Waals surface area (Å²) in [5, 5.41) is 7.75. The van der Waals surface area contributed by atoms with Gasteiger partial charge < -0.3 is 30.2 Å². The quantitative estimate of drug-likeness (QED) is 0.372. The summed E-state index contributed by atoms with van der Waals surface area (Å²) in [4.78, 5) is 48.6. The Kier molecular flexibility index (Phi) is 8.99. The molecule has 10 heteroatoms. The van der Waals surface area contributed by atoms with Crippen molar-refractivity contribution in [3.8, 4) is 11.5 Å². The van der Waals surface area contributed by atoms with Crippen LogP contribution < -0.4 is 25.4 Å². The van der Waals surface area contributed by atoms with Gasteiger partial charge in [-0.2, -0.15) is 0 Å². The van der Waals surface area contributed by atoms with Crippen LogP contribution in [0.5, 0.6) is 11.5 Å². The zero-order valence-electron chi connectivity index (χ0n) is 19.7. The zero-order valence-corrected chi connectivity index (χ0v) is 19.7. The monoisotopic (exact) mass is 491 g/mol. The van der Waals surface area contributed by atoms with E-state index < -0.39 is 30.9 Å². The Morgan fingerprint density at radius 1 is 0.750 bits per heavy atom. The Balaban J connectivity index is 1.43. The second kappa shape index (κ2) is 12.6. The van der Waals surface area contributed by atoms with E-state index in [4.69, 9.17) is 14.2 Å². The molecule has 0 heterocycles. The average Bonchev–Trinajstić information content (AvgIpc) is 2.91. The van der Waals surface area contributed by atoms with Crippen LogP contribution in [0.25, 0.3) is 0 Å². The maximum atomic E-state index is 12.5. The number of anilines is 2. The zero-order chi connectivity index (χ0) is 25.9. The van der Waals surface area contributed by atoms with E-state index >= 15 is 0 Å². The predicted molar refractivity (Wildman–Crippen MR) is 132 cm³/mol. The van der Waals surface area contributed by atoms with Crippen LogP contribution in [0.15, 0.2) is 72.8 Å². The summed E-state index contributed by atoms with van der Waals surface area (Å²) in [6.07, 6.45) is 0.